The molecule has 6 nitrogen and oxygen atoms in total. The minimum absolute atomic E-state index is 0.194. The van der Waals surface area contributed by atoms with Gasteiger partial charge in [0.2, 0.25) is 10.0 Å². The van der Waals surface area contributed by atoms with Gasteiger partial charge < -0.3 is 15.8 Å². The van der Waals surface area contributed by atoms with Crippen LogP contribution in [0.25, 0.3) is 0 Å². The predicted molar refractivity (Wildman–Crippen MR) is 74.0 cm³/mol. The van der Waals surface area contributed by atoms with Crippen LogP contribution in [0.3, 0.4) is 0 Å². The fraction of sp³-hybridized carbons (Fsp3) is 1.00. The zero-order valence-electron chi connectivity index (χ0n) is 11.8. The van der Waals surface area contributed by atoms with Crippen molar-refractivity contribution in [2.75, 3.05) is 33.1 Å². The van der Waals surface area contributed by atoms with Gasteiger partial charge in [-0.3, -0.25) is 0 Å². The highest BCUT2D eigenvalue weighted by Gasteiger charge is 2.23. The summed E-state index contributed by atoms with van der Waals surface area (Å²) in [5.74, 6) is 0. The molecule has 0 radical (unpaired) electrons. The van der Waals surface area contributed by atoms with E-state index in [1.54, 1.807) is 7.11 Å². The van der Waals surface area contributed by atoms with Crippen LogP contribution in [-0.4, -0.2) is 53.1 Å². The fourth-order valence-corrected chi connectivity index (χ4v) is 2.82. The second-order valence-corrected chi connectivity index (χ2v) is 6.97. The average molecular weight is 281 g/mol. The topological polar surface area (TPSA) is 93.4 Å². The van der Waals surface area contributed by atoms with Gasteiger partial charge in [0, 0.05) is 25.2 Å². The maximum absolute atomic E-state index is 11.2. The zero-order chi connectivity index (χ0) is 14.2. The Hall–Kier alpha value is -0.210. The maximum atomic E-state index is 11.2. The third kappa shape index (κ3) is 9.78. The summed E-state index contributed by atoms with van der Waals surface area (Å²) in [6.45, 7) is 5.46. The number of nitrogens with two attached hydrogens (primary N) is 1. The van der Waals surface area contributed by atoms with Crippen molar-refractivity contribution in [1.82, 2.24) is 10.0 Å². The molecule has 0 fully saturated rings. The van der Waals surface area contributed by atoms with Gasteiger partial charge in [0.25, 0.3) is 0 Å². The van der Waals surface area contributed by atoms with E-state index in [4.69, 9.17) is 10.5 Å². The third-order valence-corrected chi connectivity index (χ3v) is 3.34. The molecule has 1 unspecified atom stereocenters. The molecular weight excluding hydrogens is 254 g/mol. The van der Waals surface area contributed by atoms with Crippen molar-refractivity contribution in [2.24, 2.45) is 5.73 Å². The molecule has 7 heteroatoms. The molecule has 0 aliphatic rings. The highest BCUT2D eigenvalue weighted by atomic mass is 32.2. The molecule has 1 atom stereocenters. The van der Waals surface area contributed by atoms with E-state index < -0.39 is 15.6 Å². The fourth-order valence-electron chi connectivity index (χ4n) is 1.75. The van der Waals surface area contributed by atoms with E-state index in [1.165, 1.54) is 0 Å². The molecular formula is C11H27N3O3S. The first-order valence-corrected chi connectivity index (χ1v) is 8.00. The van der Waals surface area contributed by atoms with E-state index in [0.717, 1.165) is 19.1 Å². The van der Waals surface area contributed by atoms with Gasteiger partial charge in [-0.25, -0.2) is 13.1 Å². The third-order valence-electron chi connectivity index (χ3n) is 2.42. The Morgan fingerprint density at radius 3 is 2.44 bits per heavy atom. The lowest BCUT2D eigenvalue weighted by Gasteiger charge is -2.28. The molecule has 0 rings (SSSR count). The molecule has 4 N–H and O–H groups in total. The molecule has 0 heterocycles. The van der Waals surface area contributed by atoms with Crippen LogP contribution >= 0.6 is 0 Å². The molecule has 0 spiro atoms. The monoisotopic (exact) mass is 281 g/mol. The van der Waals surface area contributed by atoms with Crippen LogP contribution in [0, 0.1) is 0 Å². The van der Waals surface area contributed by atoms with E-state index in [1.807, 2.05) is 13.8 Å². The minimum Gasteiger partial charge on any atom is -0.383 e. The summed E-state index contributed by atoms with van der Waals surface area (Å²) in [6.07, 6.45) is 3.00. The van der Waals surface area contributed by atoms with Crippen LogP contribution in [0.4, 0.5) is 0 Å². The van der Waals surface area contributed by atoms with Gasteiger partial charge in [-0.05, 0) is 33.2 Å². The van der Waals surface area contributed by atoms with Crippen molar-refractivity contribution >= 4 is 10.0 Å². The van der Waals surface area contributed by atoms with Crippen molar-refractivity contribution in [2.45, 2.75) is 38.3 Å². The highest BCUT2D eigenvalue weighted by Crippen LogP contribution is 2.04. The van der Waals surface area contributed by atoms with Gasteiger partial charge in [0.1, 0.15) is 0 Å². The summed E-state index contributed by atoms with van der Waals surface area (Å²) in [5, 5.41) is 3.31. The zero-order valence-corrected chi connectivity index (χ0v) is 12.6. The van der Waals surface area contributed by atoms with Gasteiger partial charge in [-0.1, -0.05) is 0 Å². The van der Waals surface area contributed by atoms with Gasteiger partial charge in [-0.15, -0.1) is 0 Å². The van der Waals surface area contributed by atoms with Crippen LogP contribution in [0.2, 0.25) is 0 Å². The number of rotatable bonds is 10. The standard InChI is InChI=1S/C11H27N3O3S/c1-11(2,14-18(4,15)16)9-13-10(8-17-3)6-5-7-12/h10,13-14H,5-9,12H2,1-4H3. The Labute approximate surface area is 111 Å². The second-order valence-electron chi connectivity index (χ2n) is 5.22. The van der Waals surface area contributed by atoms with E-state index in [9.17, 15) is 8.42 Å². The van der Waals surface area contributed by atoms with Crippen molar-refractivity contribution in [1.29, 1.82) is 0 Å². The lowest BCUT2D eigenvalue weighted by atomic mass is 10.1. The molecule has 18 heavy (non-hydrogen) atoms. The summed E-state index contributed by atoms with van der Waals surface area (Å²) >= 11 is 0. The SMILES string of the molecule is COCC(CCCN)NCC(C)(C)NS(C)(=O)=O. The van der Waals surface area contributed by atoms with E-state index in [0.29, 0.717) is 19.7 Å². The Bertz CT molecular complexity index is 317. The normalized spacial score (nSPS) is 14.7. The number of hydrogen-bond acceptors (Lipinski definition) is 5. The molecule has 0 saturated heterocycles. The molecule has 0 aromatic carbocycles. The van der Waals surface area contributed by atoms with Crippen molar-refractivity contribution < 1.29 is 13.2 Å². The summed E-state index contributed by atoms with van der Waals surface area (Å²) in [5.41, 5.74) is 4.95. The first kappa shape index (κ1) is 17.8. The molecule has 0 aliphatic heterocycles. The smallest absolute Gasteiger partial charge is 0.209 e. The summed E-state index contributed by atoms with van der Waals surface area (Å²) in [6, 6.07) is 0.194. The van der Waals surface area contributed by atoms with Crippen LogP contribution in [0.15, 0.2) is 0 Å². The Morgan fingerprint density at radius 1 is 1.39 bits per heavy atom. The summed E-state index contributed by atoms with van der Waals surface area (Å²) in [4.78, 5) is 0. The molecule has 0 aromatic rings. The lowest BCUT2D eigenvalue weighted by molar-refractivity contribution is 0.158. The molecule has 0 aromatic heterocycles. The minimum atomic E-state index is -3.20. The van der Waals surface area contributed by atoms with Crippen LogP contribution < -0.4 is 15.8 Å². The number of hydrogen-bond donors (Lipinski definition) is 3. The number of methoxy groups -OCH3 is 1. The number of nitrogens with one attached hydrogen (secondary N) is 2. The first-order valence-electron chi connectivity index (χ1n) is 6.11. The van der Waals surface area contributed by atoms with E-state index in [2.05, 4.69) is 10.0 Å². The van der Waals surface area contributed by atoms with Gasteiger partial charge in [0.15, 0.2) is 0 Å². The Kier molecular flexibility index (Phi) is 7.97. The van der Waals surface area contributed by atoms with Crippen molar-refractivity contribution in [3.8, 4) is 0 Å². The van der Waals surface area contributed by atoms with Crippen molar-refractivity contribution in [3.63, 3.8) is 0 Å². The molecule has 0 aliphatic carbocycles. The highest BCUT2D eigenvalue weighted by molar-refractivity contribution is 7.88. The lowest BCUT2D eigenvalue weighted by Crippen LogP contribution is -2.52. The van der Waals surface area contributed by atoms with Gasteiger partial charge >= 0.3 is 0 Å². The van der Waals surface area contributed by atoms with Crippen LogP contribution in [0.1, 0.15) is 26.7 Å². The van der Waals surface area contributed by atoms with Crippen LogP contribution in [-0.2, 0) is 14.8 Å². The van der Waals surface area contributed by atoms with E-state index >= 15 is 0 Å². The molecule has 0 amide bonds. The number of sulfonamides is 1. The quantitative estimate of drug-likeness (QED) is 0.509. The Balaban J connectivity index is 4.22. The molecule has 110 valence electrons. The van der Waals surface area contributed by atoms with Gasteiger partial charge in [-0.2, -0.15) is 0 Å². The summed E-state index contributed by atoms with van der Waals surface area (Å²) < 4.78 is 30.1. The van der Waals surface area contributed by atoms with Gasteiger partial charge in [0.05, 0.1) is 12.9 Å². The average Bonchev–Trinajstić information content (AvgIpc) is 2.19. The largest absolute Gasteiger partial charge is 0.383 e. The molecule has 0 saturated carbocycles. The summed E-state index contributed by atoms with van der Waals surface area (Å²) in [7, 11) is -1.55. The predicted octanol–water partition coefficient (Wildman–Crippen LogP) is -0.342. The van der Waals surface area contributed by atoms with Crippen molar-refractivity contribution in [3.05, 3.63) is 0 Å². The van der Waals surface area contributed by atoms with Crippen LogP contribution in [0.5, 0.6) is 0 Å². The number of ether oxygens (including phenoxy) is 1. The second kappa shape index (κ2) is 8.06. The maximum Gasteiger partial charge on any atom is 0.209 e. The Morgan fingerprint density at radius 2 is 2.00 bits per heavy atom. The first-order chi connectivity index (χ1) is 8.20. The molecule has 0 bridgehead atoms. The van der Waals surface area contributed by atoms with E-state index in [-0.39, 0.29) is 6.04 Å².